The summed E-state index contributed by atoms with van der Waals surface area (Å²) in [6.07, 6.45) is 10.9. The minimum atomic E-state index is 0.187. The summed E-state index contributed by atoms with van der Waals surface area (Å²) in [6, 6.07) is 4.32. The number of nitrogens with zero attached hydrogens (tertiary/aromatic N) is 5. The molecule has 2 aromatic rings. The Balaban J connectivity index is 1.62. The molecule has 2 aromatic heterocycles. The van der Waals surface area contributed by atoms with Crippen LogP contribution in [0.4, 0.5) is 5.82 Å². The number of imidazole rings is 1. The van der Waals surface area contributed by atoms with E-state index in [0.717, 1.165) is 38.2 Å². The number of carbonyl (C=O) groups is 1. The molecule has 6 heteroatoms. The summed E-state index contributed by atoms with van der Waals surface area (Å²) in [6.45, 7) is 1.69. The van der Waals surface area contributed by atoms with Crippen LogP contribution in [0, 0.1) is 0 Å². The normalized spacial score (nSPS) is 17.2. The molecule has 3 rings (SSSR count). The smallest absolute Gasteiger partial charge is 0.223 e. The molecule has 1 amide bonds. The molecule has 0 radical (unpaired) electrons. The number of carbonyl (C=O) groups excluding carboxylic acids is 1. The highest BCUT2D eigenvalue weighted by Crippen LogP contribution is 2.33. The molecular weight excluding hydrogens is 302 g/mol. The van der Waals surface area contributed by atoms with Crippen LogP contribution in [0.3, 0.4) is 0 Å². The van der Waals surface area contributed by atoms with E-state index in [9.17, 15) is 4.79 Å². The predicted octanol–water partition coefficient (Wildman–Crippen LogP) is 2.49. The fourth-order valence-electron chi connectivity index (χ4n) is 3.27. The number of likely N-dealkylation sites (tertiary alicyclic amines) is 1. The number of aryl methyl sites for hydroxylation is 1. The second-order valence-corrected chi connectivity index (χ2v) is 6.49. The Morgan fingerprint density at radius 1 is 1.38 bits per heavy atom. The highest BCUT2D eigenvalue weighted by molar-refractivity contribution is 5.77. The van der Waals surface area contributed by atoms with Crippen molar-refractivity contribution in [2.45, 2.75) is 38.3 Å². The van der Waals surface area contributed by atoms with E-state index in [1.54, 1.807) is 12.5 Å². The van der Waals surface area contributed by atoms with Gasteiger partial charge in [0.15, 0.2) is 0 Å². The molecule has 0 spiro atoms. The van der Waals surface area contributed by atoms with Gasteiger partial charge in [0.25, 0.3) is 0 Å². The summed E-state index contributed by atoms with van der Waals surface area (Å²) in [5.41, 5.74) is 1.19. The van der Waals surface area contributed by atoms with Gasteiger partial charge in [-0.05, 0) is 37.0 Å². The minimum Gasteiger partial charge on any atom is -0.363 e. The van der Waals surface area contributed by atoms with E-state index in [0.29, 0.717) is 6.42 Å². The van der Waals surface area contributed by atoms with Gasteiger partial charge in [-0.25, -0.2) is 9.97 Å². The van der Waals surface area contributed by atoms with Gasteiger partial charge < -0.3 is 14.4 Å². The van der Waals surface area contributed by atoms with E-state index in [2.05, 4.69) is 16.0 Å². The Morgan fingerprint density at radius 3 is 3.00 bits per heavy atom. The van der Waals surface area contributed by atoms with Crippen LogP contribution in [-0.4, -0.2) is 46.0 Å². The minimum absolute atomic E-state index is 0.187. The van der Waals surface area contributed by atoms with Crippen molar-refractivity contribution in [2.75, 3.05) is 25.5 Å². The van der Waals surface area contributed by atoms with Crippen molar-refractivity contribution in [3.8, 4) is 0 Å². The Bertz CT molecular complexity index is 668. The van der Waals surface area contributed by atoms with Crippen LogP contribution in [0.15, 0.2) is 37.1 Å². The van der Waals surface area contributed by atoms with Crippen molar-refractivity contribution in [1.29, 1.82) is 0 Å². The van der Waals surface area contributed by atoms with Crippen LogP contribution < -0.4 is 4.90 Å². The van der Waals surface area contributed by atoms with Crippen LogP contribution in [0.25, 0.3) is 0 Å². The number of amides is 1. The van der Waals surface area contributed by atoms with Crippen LogP contribution in [0.2, 0.25) is 0 Å². The number of hydrogen-bond donors (Lipinski definition) is 0. The average molecular weight is 327 g/mol. The predicted molar refractivity (Wildman–Crippen MR) is 93.7 cm³/mol. The van der Waals surface area contributed by atoms with Crippen molar-refractivity contribution < 1.29 is 4.79 Å². The van der Waals surface area contributed by atoms with Gasteiger partial charge in [0.05, 0.1) is 12.4 Å². The maximum atomic E-state index is 12.7. The zero-order chi connectivity index (χ0) is 16.9. The number of aromatic nitrogens is 3. The van der Waals surface area contributed by atoms with Crippen molar-refractivity contribution in [3.05, 3.63) is 42.6 Å². The van der Waals surface area contributed by atoms with Gasteiger partial charge in [0, 0.05) is 52.2 Å². The van der Waals surface area contributed by atoms with Gasteiger partial charge >= 0.3 is 0 Å². The highest BCUT2D eigenvalue weighted by Gasteiger charge is 2.29. The third-order valence-corrected chi connectivity index (χ3v) is 4.55. The number of hydrogen-bond acceptors (Lipinski definition) is 4. The molecule has 1 unspecified atom stereocenters. The van der Waals surface area contributed by atoms with Gasteiger partial charge in [-0.3, -0.25) is 4.79 Å². The Hall–Kier alpha value is -2.37. The second-order valence-electron chi connectivity index (χ2n) is 6.49. The topological polar surface area (TPSA) is 54.3 Å². The molecule has 0 saturated carbocycles. The number of anilines is 1. The van der Waals surface area contributed by atoms with E-state index < -0.39 is 0 Å². The largest absolute Gasteiger partial charge is 0.363 e. The first kappa shape index (κ1) is 16.5. The SMILES string of the molecule is CN(C)c1cc(C2CCCN2C(=O)CCCn2ccnc2)ccn1. The van der Waals surface area contributed by atoms with Crippen LogP contribution in [-0.2, 0) is 11.3 Å². The zero-order valence-electron chi connectivity index (χ0n) is 14.4. The third-order valence-electron chi connectivity index (χ3n) is 4.55. The Morgan fingerprint density at radius 2 is 2.25 bits per heavy atom. The molecule has 0 aliphatic carbocycles. The van der Waals surface area contributed by atoms with Gasteiger partial charge in [0.1, 0.15) is 5.82 Å². The Labute approximate surface area is 143 Å². The average Bonchev–Trinajstić information content (AvgIpc) is 3.26. The van der Waals surface area contributed by atoms with E-state index in [4.69, 9.17) is 0 Å². The third kappa shape index (κ3) is 3.75. The first-order valence-corrected chi connectivity index (χ1v) is 8.53. The molecule has 128 valence electrons. The van der Waals surface area contributed by atoms with E-state index >= 15 is 0 Å². The van der Waals surface area contributed by atoms with E-state index in [-0.39, 0.29) is 11.9 Å². The lowest BCUT2D eigenvalue weighted by atomic mass is 10.1. The second kappa shape index (κ2) is 7.47. The van der Waals surface area contributed by atoms with Crippen LogP contribution >= 0.6 is 0 Å². The molecule has 0 N–H and O–H groups in total. The molecule has 1 aliphatic rings. The summed E-state index contributed by atoms with van der Waals surface area (Å²) in [4.78, 5) is 25.1. The fraction of sp³-hybridized carbons (Fsp3) is 0.500. The molecule has 0 bridgehead atoms. The lowest BCUT2D eigenvalue weighted by Gasteiger charge is -2.26. The summed E-state index contributed by atoms with van der Waals surface area (Å²) < 4.78 is 2.01. The molecule has 1 aliphatic heterocycles. The quantitative estimate of drug-likeness (QED) is 0.818. The van der Waals surface area contributed by atoms with Gasteiger partial charge in [-0.2, -0.15) is 0 Å². The van der Waals surface area contributed by atoms with Crippen molar-refractivity contribution in [2.24, 2.45) is 0 Å². The van der Waals surface area contributed by atoms with Crippen molar-refractivity contribution >= 4 is 11.7 Å². The molecule has 1 saturated heterocycles. The highest BCUT2D eigenvalue weighted by atomic mass is 16.2. The van der Waals surface area contributed by atoms with Crippen molar-refractivity contribution in [1.82, 2.24) is 19.4 Å². The summed E-state index contributed by atoms with van der Waals surface area (Å²) >= 11 is 0. The number of rotatable bonds is 6. The zero-order valence-corrected chi connectivity index (χ0v) is 14.4. The molecule has 3 heterocycles. The van der Waals surface area contributed by atoms with Gasteiger partial charge in [0.2, 0.25) is 5.91 Å². The summed E-state index contributed by atoms with van der Waals surface area (Å²) in [5.74, 6) is 1.19. The van der Waals surface area contributed by atoms with Gasteiger partial charge in [-0.1, -0.05) is 0 Å². The molecular formula is C18H25N5O. The first-order valence-electron chi connectivity index (χ1n) is 8.53. The lowest BCUT2D eigenvalue weighted by Crippen LogP contribution is -2.30. The van der Waals surface area contributed by atoms with E-state index in [1.165, 1.54) is 5.56 Å². The van der Waals surface area contributed by atoms with Crippen molar-refractivity contribution in [3.63, 3.8) is 0 Å². The maximum Gasteiger partial charge on any atom is 0.223 e. The van der Waals surface area contributed by atoms with Crippen LogP contribution in [0.1, 0.15) is 37.3 Å². The standard InChI is InChI=1S/C18H25N5O/c1-21(2)17-13-15(7-8-20-17)16-5-3-11-23(16)18(24)6-4-10-22-12-9-19-14-22/h7-9,12-14,16H,3-6,10-11H2,1-2H3. The Kier molecular flexibility index (Phi) is 5.13. The molecule has 6 nitrogen and oxygen atoms in total. The summed E-state index contributed by atoms with van der Waals surface area (Å²) in [7, 11) is 3.97. The molecule has 1 atom stereocenters. The first-order chi connectivity index (χ1) is 11.6. The summed E-state index contributed by atoms with van der Waals surface area (Å²) in [5, 5.41) is 0. The van der Waals surface area contributed by atoms with Crippen LogP contribution in [0.5, 0.6) is 0 Å². The lowest BCUT2D eigenvalue weighted by molar-refractivity contribution is -0.132. The molecule has 0 aromatic carbocycles. The van der Waals surface area contributed by atoms with E-state index in [1.807, 2.05) is 46.9 Å². The monoisotopic (exact) mass is 327 g/mol. The fourth-order valence-corrected chi connectivity index (χ4v) is 3.27. The van der Waals surface area contributed by atoms with Gasteiger partial charge in [-0.15, -0.1) is 0 Å². The molecule has 1 fully saturated rings. The molecule has 24 heavy (non-hydrogen) atoms. The number of pyridine rings is 1. The maximum absolute atomic E-state index is 12.7.